The Balaban J connectivity index is 1.78. The summed E-state index contributed by atoms with van der Waals surface area (Å²) in [4.78, 5) is 2.45. The molecule has 0 saturated carbocycles. The monoisotopic (exact) mass is 332 g/mol. The SMILES string of the molecule is Cc1ccc(C)c(S(=O)(=O)N/N=C/c2ccc3c(c2)OCO3)c1. The molecule has 0 aliphatic carbocycles. The highest BCUT2D eigenvalue weighted by atomic mass is 32.2. The zero-order valence-corrected chi connectivity index (χ0v) is 13.6. The van der Waals surface area contributed by atoms with Gasteiger partial charge in [-0.05, 0) is 54.8 Å². The van der Waals surface area contributed by atoms with Crippen LogP contribution in [0, 0.1) is 13.8 Å². The summed E-state index contributed by atoms with van der Waals surface area (Å²) in [6, 6.07) is 10.5. The van der Waals surface area contributed by atoms with E-state index in [2.05, 4.69) is 9.93 Å². The molecule has 0 fully saturated rings. The molecule has 0 bridgehead atoms. The van der Waals surface area contributed by atoms with Crippen molar-refractivity contribution in [1.29, 1.82) is 0 Å². The standard InChI is InChI=1S/C16H16N2O4S/c1-11-3-4-12(2)16(7-11)23(19,20)18-17-9-13-5-6-14-15(8-13)22-10-21-14/h3-9,18H,10H2,1-2H3/b17-9+. The van der Waals surface area contributed by atoms with Gasteiger partial charge in [0.25, 0.3) is 10.0 Å². The molecule has 7 heteroatoms. The molecule has 1 aliphatic heterocycles. The number of benzene rings is 2. The van der Waals surface area contributed by atoms with Crippen LogP contribution in [-0.4, -0.2) is 21.4 Å². The molecule has 0 aromatic heterocycles. The van der Waals surface area contributed by atoms with Crippen LogP contribution in [0.5, 0.6) is 11.5 Å². The second-order valence-corrected chi connectivity index (χ2v) is 6.86. The van der Waals surface area contributed by atoms with Gasteiger partial charge < -0.3 is 9.47 Å². The molecule has 3 rings (SSSR count). The first-order chi connectivity index (χ1) is 11.0. The highest BCUT2D eigenvalue weighted by Gasteiger charge is 2.16. The van der Waals surface area contributed by atoms with Crippen LogP contribution in [0.3, 0.4) is 0 Å². The largest absolute Gasteiger partial charge is 0.454 e. The van der Waals surface area contributed by atoms with Gasteiger partial charge in [0, 0.05) is 0 Å². The lowest BCUT2D eigenvalue weighted by Gasteiger charge is -2.07. The molecule has 23 heavy (non-hydrogen) atoms. The molecule has 0 radical (unpaired) electrons. The zero-order chi connectivity index (χ0) is 16.4. The Morgan fingerprint density at radius 3 is 2.70 bits per heavy atom. The highest BCUT2D eigenvalue weighted by molar-refractivity contribution is 7.89. The Labute approximate surface area is 134 Å². The zero-order valence-electron chi connectivity index (χ0n) is 12.7. The third kappa shape index (κ3) is 3.29. The molecule has 0 unspecified atom stereocenters. The maximum atomic E-state index is 12.3. The number of aryl methyl sites for hydroxylation is 2. The summed E-state index contributed by atoms with van der Waals surface area (Å²) in [7, 11) is -3.70. The Bertz CT molecular complexity index is 876. The lowest BCUT2D eigenvalue weighted by Crippen LogP contribution is -2.19. The fraction of sp³-hybridized carbons (Fsp3) is 0.188. The number of fused-ring (bicyclic) bond motifs is 1. The lowest BCUT2D eigenvalue weighted by molar-refractivity contribution is 0.174. The summed E-state index contributed by atoms with van der Waals surface area (Å²) in [5, 5.41) is 3.83. The highest BCUT2D eigenvalue weighted by Crippen LogP contribution is 2.31. The molecule has 0 saturated heterocycles. The maximum Gasteiger partial charge on any atom is 0.276 e. The van der Waals surface area contributed by atoms with Gasteiger partial charge in [0.15, 0.2) is 11.5 Å². The molecule has 1 heterocycles. The van der Waals surface area contributed by atoms with Crippen molar-refractivity contribution in [3.05, 3.63) is 53.1 Å². The number of hydrazone groups is 1. The Morgan fingerprint density at radius 2 is 1.87 bits per heavy atom. The number of nitrogens with zero attached hydrogens (tertiary/aromatic N) is 1. The number of ether oxygens (including phenoxy) is 2. The van der Waals surface area contributed by atoms with E-state index in [1.54, 1.807) is 37.3 Å². The molecule has 1 aliphatic rings. The molecule has 1 N–H and O–H groups in total. The third-order valence-corrected chi connectivity index (χ3v) is 4.78. The van der Waals surface area contributed by atoms with Gasteiger partial charge in [-0.1, -0.05) is 12.1 Å². The van der Waals surface area contributed by atoms with Crippen LogP contribution in [0.2, 0.25) is 0 Å². The van der Waals surface area contributed by atoms with Crippen molar-refractivity contribution in [2.75, 3.05) is 6.79 Å². The Kier molecular flexibility index (Phi) is 3.96. The van der Waals surface area contributed by atoms with Gasteiger partial charge in [0.2, 0.25) is 6.79 Å². The van der Waals surface area contributed by atoms with Crippen molar-refractivity contribution >= 4 is 16.2 Å². The molecule has 0 amide bonds. The van der Waals surface area contributed by atoms with Crippen LogP contribution in [0.25, 0.3) is 0 Å². The molecule has 120 valence electrons. The number of hydrogen-bond acceptors (Lipinski definition) is 5. The minimum absolute atomic E-state index is 0.190. The first-order valence-corrected chi connectivity index (χ1v) is 8.46. The summed E-state index contributed by atoms with van der Waals surface area (Å²) >= 11 is 0. The van der Waals surface area contributed by atoms with E-state index in [1.165, 1.54) is 6.21 Å². The Morgan fingerprint density at radius 1 is 1.09 bits per heavy atom. The first kappa shape index (κ1) is 15.4. The van der Waals surface area contributed by atoms with Crippen molar-refractivity contribution in [2.24, 2.45) is 5.10 Å². The van der Waals surface area contributed by atoms with E-state index in [0.29, 0.717) is 22.6 Å². The fourth-order valence-corrected chi connectivity index (χ4v) is 3.33. The van der Waals surface area contributed by atoms with Gasteiger partial charge >= 0.3 is 0 Å². The van der Waals surface area contributed by atoms with Gasteiger partial charge in [-0.25, -0.2) is 4.83 Å². The number of nitrogens with one attached hydrogen (secondary N) is 1. The minimum atomic E-state index is -3.70. The van der Waals surface area contributed by atoms with E-state index in [0.717, 1.165) is 5.56 Å². The molecular weight excluding hydrogens is 316 g/mol. The van der Waals surface area contributed by atoms with E-state index in [1.807, 2.05) is 13.0 Å². The van der Waals surface area contributed by atoms with Crippen molar-refractivity contribution in [1.82, 2.24) is 4.83 Å². The summed E-state index contributed by atoms with van der Waals surface area (Å²) in [5.74, 6) is 1.28. The second kappa shape index (κ2) is 5.92. The van der Waals surface area contributed by atoms with Crippen LogP contribution in [0.4, 0.5) is 0 Å². The van der Waals surface area contributed by atoms with E-state index >= 15 is 0 Å². The van der Waals surface area contributed by atoms with Gasteiger partial charge in [-0.15, -0.1) is 0 Å². The number of rotatable bonds is 4. The van der Waals surface area contributed by atoms with E-state index in [9.17, 15) is 8.42 Å². The molecule has 6 nitrogen and oxygen atoms in total. The van der Waals surface area contributed by atoms with E-state index in [-0.39, 0.29) is 11.7 Å². The first-order valence-electron chi connectivity index (χ1n) is 6.97. The summed E-state index contributed by atoms with van der Waals surface area (Å²) in [5.41, 5.74) is 2.25. The van der Waals surface area contributed by atoms with Crippen LogP contribution < -0.4 is 14.3 Å². The summed E-state index contributed by atoms with van der Waals surface area (Å²) in [6.45, 7) is 3.78. The van der Waals surface area contributed by atoms with Crippen LogP contribution in [-0.2, 0) is 10.0 Å². The smallest absolute Gasteiger partial charge is 0.276 e. The van der Waals surface area contributed by atoms with Gasteiger partial charge in [-0.3, -0.25) is 0 Å². The van der Waals surface area contributed by atoms with Crippen LogP contribution in [0.1, 0.15) is 16.7 Å². The predicted molar refractivity (Wildman–Crippen MR) is 86.4 cm³/mol. The molecule has 2 aromatic rings. The lowest BCUT2D eigenvalue weighted by atomic mass is 10.2. The van der Waals surface area contributed by atoms with Gasteiger partial charge in [0.1, 0.15) is 0 Å². The maximum absolute atomic E-state index is 12.3. The number of hydrogen-bond donors (Lipinski definition) is 1. The van der Waals surface area contributed by atoms with Crippen LogP contribution >= 0.6 is 0 Å². The topological polar surface area (TPSA) is 77.0 Å². The quantitative estimate of drug-likeness (QED) is 0.689. The normalized spacial score (nSPS) is 13.5. The molecule has 0 spiro atoms. The van der Waals surface area contributed by atoms with Crippen molar-refractivity contribution in [3.63, 3.8) is 0 Å². The summed E-state index contributed by atoms with van der Waals surface area (Å²) < 4.78 is 35.1. The fourth-order valence-electron chi connectivity index (χ4n) is 2.21. The predicted octanol–water partition coefficient (Wildman–Crippen LogP) is 2.34. The third-order valence-electron chi connectivity index (χ3n) is 3.42. The molecular formula is C16H16N2O4S. The molecule has 0 atom stereocenters. The number of sulfonamides is 1. The van der Waals surface area contributed by atoms with Gasteiger partial charge in [0.05, 0.1) is 11.1 Å². The molecule has 2 aromatic carbocycles. The van der Waals surface area contributed by atoms with Gasteiger partial charge in [-0.2, -0.15) is 13.5 Å². The second-order valence-electron chi connectivity index (χ2n) is 5.23. The van der Waals surface area contributed by atoms with Crippen molar-refractivity contribution in [2.45, 2.75) is 18.7 Å². The Hall–Kier alpha value is -2.54. The average molecular weight is 332 g/mol. The minimum Gasteiger partial charge on any atom is -0.454 e. The average Bonchev–Trinajstić information content (AvgIpc) is 2.97. The summed E-state index contributed by atoms with van der Waals surface area (Å²) in [6.07, 6.45) is 1.42. The van der Waals surface area contributed by atoms with E-state index in [4.69, 9.17) is 9.47 Å². The van der Waals surface area contributed by atoms with Crippen LogP contribution in [0.15, 0.2) is 46.4 Å². The van der Waals surface area contributed by atoms with Crippen molar-refractivity contribution < 1.29 is 17.9 Å². The van der Waals surface area contributed by atoms with Crippen molar-refractivity contribution in [3.8, 4) is 11.5 Å². The van der Waals surface area contributed by atoms with E-state index < -0.39 is 10.0 Å².